The number of nitrogens with two attached hydrogens (primary N) is 1. The van der Waals surface area contributed by atoms with Gasteiger partial charge in [-0.15, -0.1) is 0 Å². The van der Waals surface area contributed by atoms with E-state index in [4.69, 9.17) is 10.6 Å². The molecule has 2 atom stereocenters. The second kappa shape index (κ2) is 6.61. The van der Waals surface area contributed by atoms with Crippen LogP contribution in [0.5, 0.6) is 0 Å². The molecule has 5 heteroatoms. The van der Waals surface area contributed by atoms with Crippen molar-refractivity contribution in [2.75, 3.05) is 6.61 Å². The zero-order chi connectivity index (χ0) is 13.0. The SMILES string of the molecule is NNC(Cc1cc(F)cc(Br)c1)CC1CCCO1. The van der Waals surface area contributed by atoms with Gasteiger partial charge in [0, 0.05) is 17.1 Å². The summed E-state index contributed by atoms with van der Waals surface area (Å²) >= 11 is 3.30. The van der Waals surface area contributed by atoms with E-state index in [2.05, 4.69) is 21.4 Å². The maximum Gasteiger partial charge on any atom is 0.124 e. The fraction of sp³-hybridized carbons (Fsp3) is 0.538. The van der Waals surface area contributed by atoms with Crippen LogP contribution in [0.3, 0.4) is 0 Å². The lowest BCUT2D eigenvalue weighted by molar-refractivity contribution is 0.0946. The van der Waals surface area contributed by atoms with Gasteiger partial charge in [-0.05, 0) is 49.4 Å². The predicted octanol–water partition coefficient (Wildman–Crippen LogP) is 2.53. The summed E-state index contributed by atoms with van der Waals surface area (Å²) in [5.41, 5.74) is 3.73. The minimum absolute atomic E-state index is 0.113. The zero-order valence-electron chi connectivity index (χ0n) is 10.2. The molecule has 2 unspecified atom stereocenters. The van der Waals surface area contributed by atoms with Crippen LogP contribution in [0, 0.1) is 5.82 Å². The molecule has 0 amide bonds. The van der Waals surface area contributed by atoms with E-state index in [1.54, 1.807) is 6.07 Å². The molecule has 0 bridgehead atoms. The smallest absolute Gasteiger partial charge is 0.124 e. The molecule has 0 saturated carbocycles. The molecule has 1 aliphatic rings. The number of rotatable bonds is 5. The summed E-state index contributed by atoms with van der Waals surface area (Å²) in [6, 6.07) is 5.03. The number of ether oxygens (including phenoxy) is 1. The normalized spacial score (nSPS) is 21.2. The number of benzene rings is 1. The van der Waals surface area contributed by atoms with Crippen molar-refractivity contribution in [2.24, 2.45) is 5.84 Å². The van der Waals surface area contributed by atoms with Gasteiger partial charge in [-0.2, -0.15) is 0 Å². The lowest BCUT2D eigenvalue weighted by atomic mass is 10.00. The Morgan fingerprint density at radius 2 is 2.33 bits per heavy atom. The maximum absolute atomic E-state index is 13.3. The molecule has 3 N–H and O–H groups in total. The van der Waals surface area contributed by atoms with Crippen molar-refractivity contribution < 1.29 is 9.13 Å². The zero-order valence-corrected chi connectivity index (χ0v) is 11.7. The first-order valence-electron chi connectivity index (χ1n) is 6.20. The first-order valence-corrected chi connectivity index (χ1v) is 6.99. The molecule has 0 radical (unpaired) electrons. The summed E-state index contributed by atoms with van der Waals surface area (Å²) in [4.78, 5) is 0. The van der Waals surface area contributed by atoms with Crippen molar-refractivity contribution in [1.82, 2.24) is 5.43 Å². The van der Waals surface area contributed by atoms with Crippen molar-refractivity contribution in [3.05, 3.63) is 34.1 Å². The van der Waals surface area contributed by atoms with Gasteiger partial charge in [0.05, 0.1) is 6.10 Å². The summed E-state index contributed by atoms with van der Waals surface area (Å²) in [6.07, 6.45) is 4.05. The Labute approximate surface area is 115 Å². The molecule has 0 aromatic heterocycles. The van der Waals surface area contributed by atoms with Gasteiger partial charge in [0.2, 0.25) is 0 Å². The van der Waals surface area contributed by atoms with Crippen LogP contribution < -0.4 is 11.3 Å². The van der Waals surface area contributed by atoms with Crippen molar-refractivity contribution in [3.8, 4) is 0 Å². The summed E-state index contributed by atoms with van der Waals surface area (Å²) in [6.45, 7) is 0.841. The van der Waals surface area contributed by atoms with Gasteiger partial charge in [0.1, 0.15) is 5.82 Å². The van der Waals surface area contributed by atoms with Crippen molar-refractivity contribution in [3.63, 3.8) is 0 Å². The molecule has 1 heterocycles. The van der Waals surface area contributed by atoms with Gasteiger partial charge in [0.15, 0.2) is 0 Å². The molecule has 1 aromatic carbocycles. The molecule has 1 aromatic rings. The van der Waals surface area contributed by atoms with Crippen LogP contribution in [0.4, 0.5) is 4.39 Å². The van der Waals surface area contributed by atoms with E-state index < -0.39 is 0 Å². The third kappa shape index (κ3) is 4.02. The highest BCUT2D eigenvalue weighted by Gasteiger charge is 2.20. The third-order valence-corrected chi connectivity index (χ3v) is 3.67. The predicted molar refractivity (Wildman–Crippen MR) is 72.5 cm³/mol. The molecule has 1 fully saturated rings. The average molecular weight is 317 g/mol. The lowest BCUT2D eigenvalue weighted by Gasteiger charge is -2.19. The van der Waals surface area contributed by atoms with Crippen LogP contribution in [0.15, 0.2) is 22.7 Å². The Morgan fingerprint density at radius 3 is 2.94 bits per heavy atom. The quantitative estimate of drug-likeness (QED) is 0.648. The van der Waals surface area contributed by atoms with Gasteiger partial charge in [-0.3, -0.25) is 11.3 Å². The maximum atomic E-state index is 13.3. The van der Waals surface area contributed by atoms with E-state index in [0.29, 0.717) is 6.42 Å². The van der Waals surface area contributed by atoms with Gasteiger partial charge < -0.3 is 4.74 Å². The topological polar surface area (TPSA) is 47.3 Å². The van der Waals surface area contributed by atoms with Crippen molar-refractivity contribution >= 4 is 15.9 Å². The largest absolute Gasteiger partial charge is 0.378 e. The summed E-state index contributed by atoms with van der Waals surface area (Å²) in [7, 11) is 0. The van der Waals surface area contributed by atoms with Crippen LogP contribution in [0.2, 0.25) is 0 Å². The number of halogens is 2. The van der Waals surface area contributed by atoms with E-state index in [0.717, 1.165) is 35.9 Å². The molecule has 1 saturated heterocycles. The van der Waals surface area contributed by atoms with Crippen LogP contribution in [0.25, 0.3) is 0 Å². The van der Waals surface area contributed by atoms with E-state index in [1.165, 1.54) is 6.07 Å². The van der Waals surface area contributed by atoms with Crippen molar-refractivity contribution in [2.45, 2.75) is 37.8 Å². The highest BCUT2D eigenvalue weighted by atomic mass is 79.9. The third-order valence-electron chi connectivity index (χ3n) is 3.21. The Balaban J connectivity index is 1.95. The highest BCUT2D eigenvalue weighted by molar-refractivity contribution is 9.10. The molecule has 2 rings (SSSR count). The van der Waals surface area contributed by atoms with E-state index >= 15 is 0 Å². The van der Waals surface area contributed by atoms with Crippen molar-refractivity contribution in [1.29, 1.82) is 0 Å². The molecular formula is C13H18BrFN2O. The van der Waals surface area contributed by atoms with Crippen LogP contribution >= 0.6 is 15.9 Å². The lowest BCUT2D eigenvalue weighted by Crippen LogP contribution is -2.39. The number of hydrogen-bond donors (Lipinski definition) is 2. The number of hydrazine groups is 1. The van der Waals surface area contributed by atoms with Gasteiger partial charge in [-0.25, -0.2) is 4.39 Å². The Kier molecular flexibility index (Phi) is 5.12. The number of nitrogens with one attached hydrogen (secondary N) is 1. The summed E-state index contributed by atoms with van der Waals surface area (Å²) in [5, 5.41) is 0. The molecular weight excluding hydrogens is 299 g/mol. The Hall–Kier alpha value is -0.490. The minimum Gasteiger partial charge on any atom is -0.378 e. The first-order chi connectivity index (χ1) is 8.67. The second-order valence-corrected chi connectivity index (χ2v) is 5.63. The summed E-state index contributed by atoms with van der Waals surface area (Å²) < 4.78 is 19.6. The van der Waals surface area contributed by atoms with Crippen LogP contribution in [0.1, 0.15) is 24.8 Å². The standard InChI is InChI=1S/C13H18BrFN2O/c14-10-4-9(5-11(15)7-10)6-12(17-16)8-13-2-1-3-18-13/h4-5,7,12-13,17H,1-3,6,8,16H2. The molecule has 1 aliphatic heterocycles. The summed E-state index contributed by atoms with van der Waals surface area (Å²) in [5.74, 6) is 5.33. The van der Waals surface area contributed by atoms with E-state index in [9.17, 15) is 4.39 Å². The van der Waals surface area contributed by atoms with E-state index in [1.807, 2.05) is 6.07 Å². The fourth-order valence-electron chi connectivity index (χ4n) is 2.37. The molecule has 0 spiro atoms. The monoisotopic (exact) mass is 316 g/mol. The van der Waals surface area contributed by atoms with Gasteiger partial charge in [0.25, 0.3) is 0 Å². The molecule has 3 nitrogen and oxygen atoms in total. The first kappa shape index (κ1) is 13.9. The van der Waals surface area contributed by atoms with Crippen LogP contribution in [-0.2, 0) is 11.2 Å². The molecule has 18 heavy (non-hydrogen) atoms. The van der Waals surface area contributed by atoms with Crippen LogP contribution in [-0.4, -0.2) is 18.8 Å². The average Bonchev–Trinajstić information content (AvgIpc) is 2.79. The number of hydrogen-bond acceptors (Lipinski definition) is 3. The Morgan fingerprint density at radius 1 is 1.50 bits per heavy atom. The second-order valence-electron chi connectivity index (χ2n) is 4.72. The molecule has 0 aliphatic carbocycles. The molecule has 100 valence electrons. The van der Waals surface area contributed by atoms with Gasteiger partial charge >= 0.3 is 0 Å². The minimum atomic E-state index is -0.229. The van der Waals surface area contributed by atoms with Gasteiger partial charge in [-0.1, -0.05) is 15.9 Å². The van der Waals surface area contributed by atoms with E-state index in [-0.39, 0.29) is 18.0 Å². The Bertz CT molecular complexity index is 376. The highest BCUT2D eigenvalue weighted by Crippen LogP contribution is 2.20. The fourth-order valence-corrected chi connectivity index (χ4v) is 2.88.